The molecule has 4 amide bonds. The summed E-state index contributed by atoms with van der Waals surface area (Å²) < 4.78 is 37.5. The third kappa shape index (κ3) is 8.85. The molecule has 1 saturated heterocycles. The maximum absolute atomic E-state index is 14.2. The van der Waals surface area contributed by atoms with E-state index < -0.39 is 79.7 Å². The van der Waals surface area contributed by atoms with E-state index in [0.29, 0.717) is 19.3 Å². The zero-order chi connectivity index (χ0) is 33.8. The van der Waals surface area contributed by atoms with Gasteiger partial charge < -0.3 is 30.1 Å². The fraction of sp³-hybridized carbons (Fsp3) is 0.742. The van der Waals surface area contributed by atoms with Crippen LogP contribution in [0.25, 0.3) is 0 Å². The summed E-state index contributed by atoms with van der Waals surface area (Å²) in [6.07, 6.45) is 5.10. The normalized spacial score (nSPS) is 26.6. The van der Waals surface area contributed by atoms with Gasteiger partial charge in [0, 0.05) is 31.9 Å². The van der Waals surface area contributed by atoms with Gasteiger partial charge in [0.05, 0.1) is 17.5 Å². The predicted molar refractivity (Wildman–Crippen MR) is 167 cm³/mol. The Balaban J connectivity index is 1.85. The van der Waals surface area contributed by atoms with Crippen LogP contribution in [0.2, 0.25) is 0 Å². The van der Waals surface area contributed by atoms with Gasteiger partial charge in [0.25, 0.3) is 5.91 Å². The molecule has 1 heterocycles. The van der Waals surface area contributed by atoms with E-state index in [9.17, 15) is 32.7 Å². The van der Waals surface area contributed by atoms with E-state index in [1.54, 1.807) is 33.8 Å². The number of β-amino-alcohol motifs (C(OH)–C–C–N with tert-alkyl or cyclic N) is 1. The molecule has 3 rings (SSSR count). The lowest BCUT2D eigenvalue weighted by molar-refractivity contribution is -0.142. The van der Waals surface area contributed by atoms with Gasteiger partial charge in [-0.25, -0.2) is 13.2 Å². The van der Waals surface area contributed by atoms with Crippen LogP contribution in [0.3, 0.4) is 0 Å². The summed E-state index contributed by atoms with van der Waals surface area (Å²) in [7, 11) is -2.48. The number of likely N-dealkylation sites (tertiary alicyclic amines) is 1. The molecule has 0 unspecified atom stereocenters. The number of nitrogens with zero attached hydrogens (tertiary/aromatic N) is 1. The summed E-state index contributed by atoms with van der Waals surface area (Å²) in [4.78, 5) is 55.3. The molecule has 1 aliphatic heterocycles. The molecule has 13 nitrogen and oxygen atoms in total. The molecule has 2 saturated carbocycles. The van der Waals surface area contributed by atoms with Crippen molar-refractivity contribution in [2.45, 2.75) is 113 Å². The fourth-order valence-corrected chi connectivity index (χ4v) is 6.99. The number of alkyl carbamates (subject to hydrolysis) is 1. The Hall–Kier alpha value is -2.97. The number of unbranched alkanes of at least 4 members (excludes halogenated alkanes) is 2. The molecule has 6 atom stereocenters. The summed E-state index contributed by atoms with van der Waals surface area (Å²) in [6.45, 7) is 14.0. The number of nitrogens with one attached hydrogen (secondary N) is 3. The van der Waals surface area contributed by atoms with Gasteiger partial charge in [0.2, 0.25) is 21.8 Å². The molecule has 3 fully saturated rings. The van der Waals surface area contributed by atoms with E-state index >= 15 is 0 Å². The number of methoxy groups -OCH3 is 1. The standard InChI is InChI=1S/C31H50N4O9S/c1-8-10-11-12-13-20(19-43-7)24(32-28(40)44-29(3,4)5)26(38)35-18-22(36)16-23(35)25(37)33-31(17-21(31)9-2)27(39)34-45(41,42)30(6)14-15-30/h8-9,20-24,36H,1-2,10-19H2,3-7H3,(H,32,40)(H,33,37)(H,34,39)/t20-,21+,22+,23-,24-,31+/m0/s1. The quantitative estimate of drug-likeness (QED) is 0.143. The van der Waals surface area contributed by atoms with Gasteiger partial charge in [0.15, 0.2) is 0 Å². The molecule has 2 aliphatic carbocycles. The van der Waals surface area contributed by atoms with Crippen molar-refractivity contribution in [1.82, 2.24) is 20.3 Å². The minimum atomic E-state index is -3.97. The van der Waals surface area contributed by atoms with Crippen molar-refractivity contribution in [3.63, 3.8) is 0 Å². The third-order valence-electron chi connectivity index (χ3n) is 8.77. The number of sulfonamides is 1. The van der Waals surface area contributed by atoms with E-state index in [-0.39, 0.29) is 26.0 Å². The lowest BCUT2D eigenvalue weighted by Crippen LogP contribution is -2.60. The van der Waals surface area contributed by atoms with E-state index in [2.05, 4.69) is 28.5 Å². The van der Waals surface area contributed by atoms with Gasteiger partial charge in [-0.15, -0.1) is 13.2 Å². The van der Waals surface area contributed by atoms with Gasteiger partial charge in [-0.3, -0.25) is 19.1 Å². The molecular formula is C31H50N4O9S. The summed E-state index contributed by atoms with van der Waals surface area (Å²) in [5, 5.41) is 16.0. The second-order valence-electron chi connectivity index (χ2n) is 13.7. The number of rotatable bonds is 16. The molecule has 3 aliphatic rings. The van der Waals surface area contributed by atoms with E-state index in [1.807, 2.05) is 0 Å². The van der Waals surface area contributed by atoms with E-state index in [4.69, 9.17) is 9.47 Å². The van der Waals surface area contributed by atoms with Crippen LogP contribution in [0.1, 0.15) is 79.1 Å². The summed E-state index contributed by atoms with van der Waals surface area (Å²) in [5.41, 5.74) is -2.40. The number of ether oxygens (including phenoxy) is 2. The minimum absolute atomic E-state index is 0.113. The van der Waals surface area contributed by atoms with Crippen LogP contribution in [-0.4, -0.2) is 96.6 Å². The molecule has 0 spiro atoms. The maximum atomic E-state index is 14.2. The lowest BCUT2D eigenvalue weighted by atomic mass is 9.92. The van der Waals surface area contributed by atoms with Crippen molar-refractivity contribution < 1.29 is 42.2 Å². The average Bonchev–Trinajstić information content (AvgIpc) is 3.83. The molecule has 0 aromatic carbocycles. The Morgan fingerprint density at radius 2 is 1.82 bits per heavy atom. The SMILES string of the molecule is C=CCCCC[C@@H](COC)[C@H](NC(=O)OC(C)(C)C)C(=O)N1C[C@H](O)C[C@H]1C(=O)N[C@]1(C(=O)NS(=O)(=O)C2(C)CC2)C[C@H]1C=C. The molecule has 0 aromatic rings. The largest absolute Gasteiger partial charge is 0.444 e. The van der Waals surface area contributed by atoms with Crippen LogP contribution >= 0.6 is 0 Å². The molecule has 0 bridgehead atoms. The highest BCUT2D eigenvalue weighted by atomic mass is 32.2. The van der Waals surface area contributed by atoms with Gasteiger partial charge in [-0.1, -0.05) is 18.6 Å². The van der Waals surface area contributed by atoms with Crippen LogP contribution in [0.15, 0.2) is 25.3 Å². The topological polar surface area (TPSA) is 180 Å². The number of carbonyl (C=O) groups is 4. The highest BCUT2D eigenvalue weighted by molar-refractivity contribution is 7.91. The molecule has 14 heteroatoms. The van der Waals surface area contributed by atoms with Crippen molar-refractivity contribution >= 4 is 33.8 Å². The van der Waals surface area contributed by atoms with E-state index in [0.717, 1.165) is 19.3 Å². The zero-order valence-corrected chi connectivity index (χ0v) is 27.9. The van der Waals surface area contributed by atoms with Crippen molar-refractivity contribution in [3.05, 3.63) is 25.3 Å². The maximum Gasteiger partial charge on any atom is 0.408 e. The zero-order valence-electron chi connectivity index (χ0n) is 27.1. The van der Waals surface area contributed by atoms with Crippen molar-refractivity contribution in [1.29, 1.82) is 0 Å². The number of hydrogen-bond acceptors (Lipinski definition) is 9. The Labute approximate surface area is 266 Å². The van der Waals surface area contributed by atoms with Crippen LogP contribution in [0.4, 0.5) is 4.79 Å². The van der Waals surface area contributed by atoms with Gasteiger partial charge in [-0.2, -0.15) is 0 Å². The van der Waals surface area contributed by atoms with Crippen molar-refractivity contribution in [2.75, 3.05) is 20.3 Å². The number of hydrogen-bond donors (Lipinski definition) is 4. The summed E-state index contributed by atoms with van der Waals surface area (Å²) in [6, 6.07) is -2.33. The smallest absolute Gasteiger partial charge is 0.408 e. The average molecular weight is 655 g/mol. The van der Waals surface area contributed by atoms with E-state index in [1.165, 1.54) is 18.1 Å². The van der Waals surface area contributed by atoms with Crippen LogP contribution in [0.5, 0.6) is 0 Å². The Morgan fingerprint density at radius 3 is 2.36 bits per heavy atom. The Bertz CT molecular complexity index is 1260. The highest BCUT2D eigenvalue weighted by Crippen LogP contribution is 2.47. The molecule has 0 radical (unpaired) electrons. The van der Waals surface area contributed by atoms with Gasteiger partial charge in [0.1, 0.15) is 23.2 Å². The Kier molecular flexibility index (Phi) is 11.5. The third-order valence-corrected chi connectivity index (χ3v) is 10.9. The minimum Gasteiger partial charge on any atom is -0.444 e. The number of amides is 4. The fourth-order valence-electron chi connectivity index (χ4n) is 5.67. The number of carbonyl (C=O) groups excluding carboxylic acids is 4. The van der Waals surface area contributed by atoms with Gasteiger partial charge in [-0.05, 0) is 66.2 Å². The van der Waals surface area contributed by atoms with Crippen LogP contribution in [0, 0.1) is 11.8 Å². The monoisotopic (exact) mass is 654 g/mol. The number of allylic oxidation sites excluding steroid dienone is 1. The van der Waals surface area contributed by atoms with Crippen LogP contribution < -0.4 is 15.4 Å². The number of aliphatic hydroxyl groups is 1. The second kappa shape index (κ2) is 14.2. The number of aliphatic hydroxyl groups excluding tert-OH is 1. The molecule has 0 aromatic heterocycles. The highest BCUT2D eigenvalue weighted by Gasteiger charge is 2.63. The molecular weight excluding hydrogens is 604 g/mol. The molecule has 45 heavy (non-hydrogen) atoms. The first-order valence-corrected chi connectivity index (χ1v) is 17.0. The van der Waals surface area contributed by atoms with Crippen LogP contribution in [-0.2, 0) is 33.9 Å². The summed E-state index contributed by atoms with van der Waals surface area (Å²) in [5.74, 6) is -3.21. The Morgan fingerprint density at radius 1 is 1.16 bits per heavy atom. The first-order chi connectivity index (χ1) is 20.9. The van der Waals surface area contributed by atoms with Crippen molar-refractivity contribution in [3.8, 4) is 0 Å². The summed E-state index contributed by atoms with van der Waals surface area (Å²) >= 11 is 0. The first kappa shape index (κ1) is 36.5. The lowest BCUT2D eigenvalue weighted by Gasteiger charge is -2.33. The molecule has 4 N–H and O–H groups in total. The van der Waals surface area contributed by atoms with Crippen molar-refractivity contribution in [2.24, 2.45) is 11.8 Å². The van der Waals surface area contributed by atoms with Gasteiger partial charge >= 0.3 is 6.09 Å². The second-order valence-corrected chi connectivity index (χ2v) is 15.9. The molecule has 254 valence electrons. The predicted octanol–water partition coefficient (Wildman–Crippen LogP) is 1.91. The first-order valence-electron chi connectivity index (χ1n) is 15.5.